The van der Waals surface area contributed by atoms with Gasteiger partial charge in [0.1, 0.15) is 0 Å². The Morgan fingerprint density at radius 3 is 2.71 bits per heavy atom. The summed E-state index contributed by atoms with van der Waals surface area (Å²) < 4.78 is 3.83. The maximum atomic E-state index is 9.05. The SMILES string of the molecule is Cc1nn(CCO)c(C)c1CN[C@@H](C)[C@@H](C)n1cccn1. The largest absolute Gasteiger partial charge is 0.394 e. The zero-order chi connectivity index (χ0) is 15.4. The van der Waals surface area contributed by atoms with Crippen molar-refractivity contribution in [3.8, 4) is 0 Å². The lowest BCUT2D eigenvalue weighted by Gasteiger charge is -2.22. The third-order valence-corrected chi connectivity index (χ3v) is 4.11. The van der Waals surface area contributed by atoms with Crippen LogP contribution in [-0.4, -0.2) is 37.3 Å². The van der Waals surface area contributed by atoms with Crippen molar-refractivity contribution in [2.24, 2.45) is 0 Å². The molecule has 0 aliphatic carbocycles. The van der Waals surface area contributed by atoms with E-state index in [9.17, 15) is 0 Å². The maximum Gasteiger partial charge on any atom is 0.0644 e. The fourth-order valence-corrected chi connectivity index (χ4v) is 2.49. The van der Waals surface area contributed by atoms with Crippen LogP contribution in [0.25, 0.3) is 0 Å². The minimum Gasteiger partial charge on any atom is -0.394 e. The third kappa shape index (κ3) is 3.51. The average Bonchev–Trinajstić information content (AvgIpc) is 3.07. The van der Waals surface area contributed by atoms with E-state index in [0.29, 0.717) is 12.6 Å². The van der Waals surface area contributed by atoms with E-state index in [1.807, 2.05) is 35.5 Å². The van der Waals surface area contributed by atoms with Gasteiger partial charge in [0.05, 0.1) is 24.9 Å². The molecule has 0 unspecified atom stereocenters. The molecule has 0 amide bonds. The first-order valence-corrected chi connectivity index (χ1v) is 7.40. The molecule has 0 spiro atoms. The number of nitrogens with zero attached hydrogens (tertiary/aromatic N) is 4. The monoisotopic (exact) mass is 291 g/mol. The van der Waals surface area contributed by atoms with Crippen molar-refractivity contribution >= 4 is 0 Å². The van der Waals surface area contributed by atoms with Crippen molar-refractivity contribution in [2.45, 2.75) is 52.9 Å². The third-order valence-electron chi connectivity index (χ3n) is 4.11. The van der Waals surface area contributed by atoms with Crippen molar-refractivity contribution in [3.05, 3.63) is 35.4 Å². The van der Waals surface area contributed by atoms with Crippen molar-refractivity contribution in [3.63, 3.8) is 0 Å². The van der Waals surface area contributed by atoms with Gasteiger partial charge in [-0.15, -0.1) is 0 Å². The second kappa shape index (κ2) is 6.87. The summed E-state index contributed by atoms with van der Waals surface area (Å²) >= 11 is 0. The second-order valence-electron chi connectivity index (χ2n) is 5.49. The molecule has 116 valence electrons. The molecule has 6 nitrogen and oxygen atoms in total. The fourth-order valence-electron chi connectivity index (χ4n) is 2.49. The van der Waals surface area contributed by atoms with Crippen LogP contribution >= 0.6 is 0 Å². The van der Waals surface area contributed by atoms with Crippen LogP contribution in [0.4, 0.5) is 0 Å². The van der Waals surface area contributed by atoms with Gasteiger partial charge in [-0.05, 0) is 33.8 Å². The van der Waals surface area contributed by atoms with E-state index in [2.05, 4.69) is 29.4 Å². The highest BCUT2D eigenvalue weighted by Crippen LogP contribution is 2.15. The fraction of sp³-hybridized carbons (Fsp3) is 0.600. The Labute approximate surface area is 125 Å². The van der Waals surface area contributed by atoms with Gasteiger partial charge in [-0.3, -0.25) is 9.36 Å². The molecule has 2 heterocycles. The van der Waals surface area contributed by atoms with Crippen LogP contribution in [0.2, 0.25) is 0 Å². The summed E-state index contributed by atoms with van der Waals surface area (Å²) in [6, 6.07) is 2.52. The molecule has 0 aromatic carbocycles. The van der Waals surface area contributed by atoms with Gasteiger partial charge < -0.3 is 10.4 Å². The summed E-state index contributed by atoms with van der Waals surface area (Å²) in [5.74, 6) is 0. The Morgan fingerprint density at radius 1 is 1.33 bits per heavy atom. The van der Waals surface area contributed by atoms with Crippen LogP contribution in [0, 0.1) is 13.8 Å². The lowest BCUT2D eigenvalue weighted by atomic mass is 10.1. The number of aryl methyl sites for hydroxylation is 1. The summed E-state index contributed by atoms with van der Waals surface area (Å²) in [5, 5.41) is 21.4. The van der Waals surface area contributed by atoms with Gasteiger partial charge in [0, 0.05) is 36.2 Å². The molecule has 6 heteroatoms. The standard InChI is InChI=1S/C15H25N5O/c1-11(13(3)19-7-5-6-17-19)16-10-15-12(2)18-20(8-9-21)14(15)4/h5-7,11,13,16,21H,8-10H2,1-4H3/t11-,13+/m0/s1. The summed E-state index contributed by atoms with van der Waals surface area (Å²) in [6.45, 7) is 9.81. The Bertz CT molecular complexity index is 561. The number of nitrogens with one attached hydrogen (secondary N) is 1. The smallest absolute Gasteiger partial charge is 0.0644 e. The lowest BCUT2D eigenvalue weighted by Crippen LogP contribution is -2.33. The Balaban J connectivity index is 1.99. The first kappa shape index (κ1) is 15.7. The number of aliphatic hydroxyl groups is 1. The highest BCUT2D eigenvalue weighted by atomic mass is 16.3. The molecule has 0 aliphatic heterocycles. The highest BCUT2D eigenvalue weighted by Gasteiger charge is 2.16. The topological polar surface area (TPSA) is 67.9 Å². The van der Waals surface area contributed by atoms with Crippen LogP contribution in [-0.2, 0) is 13.1 Å². The van der Waals surface area contributed by atoms with Crippen LogP contribution < -0.4 is 5.32 Å². The average molecular weight is 291 g/mol. The van der Waals surface area contributed by atoms with Crippen LogP contribution in [0.3, 0.4) is 0 Å². The van der Waals surface area contributed by atoms with E-state index in [4.69, 9.17) is 5.11 Å². The van der Waals surface area contributed by atoms with Crippen LogP contribution in [0.1, 0.15) is 36.8 Å². The van der Waals surface area contributed by atoms with Crippen molar-refractivity contribution < 1.29 is 5.11 Å². The van der Waals surface area contributed by atoms with E-state index in [0.717, 1.165) is 17.9 Å². The molecular weight excluding hydrogens is 266 g/mol. The molecule has 2 rings (SSSR count). The first-order chi connectivity index (χ1) is 10.0. The molecule has 21 heavy (non-hydrogen) atoms. The molecule has 0 fully saturated rings. The Morgan fingerprint density at radius 2 is 2.10 bits per heavy atom. The summed E-state index contributed by atoms with van der Waals surface area (Å²) in [6.07, 6.45) is 3.79. The Hall–Kier alpha value is -1.66. The van der Waals surface area contributed by atoms with Crippen molar-refractivity contribution in [1.29, 1.82) is 0 Å². The normalized spacial score (nSPS) is 14.3. The zero-order valence-electron chi connectivity index (χ0n) is 13.2. The minimum absolute atomic E-state index is 0.113. The molecule has 2 aromatic rings. The predicted molar refractivity (Wildman–Crippen MR) is 82.0 cm³/mol. The second-order valence-corrected chi connectivity index (χ2v) is 5.49. The number of rotatable bonds is 7. The summed E-state index contributed by atoms with van der Waals surface area (Å²) in [7, 11) is 0. The maximum absolute atomic E-state index is 9.05. The van der Waals surface area contributed by atoms with E-state index in [1.165, 1.54) is 5.56 Å². The van der Waals surface area contributed by atoms with Crippen LogP contribution in [0.15, 0.2) is 18.5 Å². The molecule has 2 aromatic heterocycles. The van der Waals surface area contributed by atoms with E-state index in [-0.39, 0.29) is 12.6 Å². The predicted octanol–water partition coefficient (Wildman–Crippen LogP) is 1.43. The van der Waals surface area contributed by atoms with Gasteiger partial charge in [-0.25, -0.2) is 0 Å². The number of hydrogen-bond acceptors (Lipinski definition) is 4. The van der Waals surface area contributed by atoms with E-state index >= 15 is 0 Å². The van der Waals surface area contributed by atoms with Gasteiger partial charge >= 0.3 is 0 Å². The first-order valence-electron chi connectivity index (χ1n) is 7.40. The molecule has 2 N–H and O–H groups in total. The molecule has 0 bridgehead atoms. The van der Waals surface area contributed by atoms with Gasteiger partial charge in [0.2, 0.25) is 0 Å². The summed E-state index contributed by atoms with van der Waals surface area (Å²) in [4.78, 5) is 0. The molecule has 0 radical (unpaired) electrons. The zero-order valence-corrected chi connectivity index (χ0v) is 13.2. The minimum atomic E-state index is 0.113. The summed E-state index contributed by atoms with van der Waals surface area (Å²) in [5.41, 5.74) is 3.35. The Kier molecular flexibility index (Phi) is 5.14. The van der Waals surface area contributed by atoms with Crippen molar-refractivity contribution in [2.75, 3.05) is 6.61 Å². The van der Waals surface area contributed by atoms with Gasteiger partial charge in [0.25, 0.3) is 0 Å². The van der Waals surface area contributed by atoms with Crippen LogP contribution in [0.5, 0.6) is 0 Å². The van der Waals surface area contributed by atoms with Gasteiger partial charge in [0.15, 0.2) is 0 Å². The van der Waals surface area contributed by atoms with Gasteiger partial charge in [-0.2, -0.15) is 10.2 Å². The molecule has 2 atom stereocenters. The van der Waals surface area contributed by atoms with Gasteiger partial charge in [-0.1, -0.05) is 0 Å². The van der Waals surface area contributed by atoms with E-state index < -0.39 is 0 Å². The molecular formula is C15H25N5O. The molecule has 0 aliphatic rings. The highest BCUT2D eigenvalue weighted by molar-refractivity contribution is 5.24. The molecule has 0 saturated heterocycles. The number of hydrogen-bond donors (Lipinski definition) is 2. The molecule has 0 saturated carbocycles. The van der Waals surface area contributed by atoms with E-state index in [1.54, 1.807) is 6.20 Å². The number of aromatic nitrogens is 4. The quantitative estimate of drug-likeness (QED) is 0.810. The number of aliphatic hydroxyl groups excluding tert-OH is 1. The van der Waals surface area contributed by atoms with Crippen molar-refractivity contribution in [1.82, 2.24) is 24.9 Å². The lowest BCUT2D eigenvalue weighted by molar-refractivity contribution is 0.267.